The molecule has 1 aromatic heterocycles. The molecule has 1 saturated heterocycles. The number of carbonyl (C=O) groups is 1. The first-order chi connectivity index (χ1) is 18.0. The Bertz CT molecular complexity index is 1520. The molecular weight excluding hydrogens is 470 g/mol. The second-order valence-corrected chi connectivity index (χ2v) is 9.27. The number of aromatic nitrogens is 2. The SMILES string of the molecule is CN1CCN(c2nc(N3c4ccccc4C(=O)NC3c3cccc([N+](=O)[O-])c3)nc3ccccc23)CC1. The van der Waals surface area contributed by atoms with Gasteiger partial charge in [-0.25, -0.2) is 4.98 Å². The molecule has 186 valence electrons. The minimum absolute atomic E-state index is 0.0527. The number of amides is 1. The number of carbonyl (C=O) groups excluding carboxylic acids is 1. The third kappa shape index (κ3) is 4.11. The normalized spacial score (nSPS) is 18.0. The maximum Gasteiger partial charge on any atom is 0.269 e. The second kappa shape index (κ2) is 9.14. The number of nitro benzene ring substituents is 1. The molecule has 10 heteroatoms. The van der Waals surface area contributed by atoms with Crippen LogP contribution < -0.4 is 15.1 Å². The molecule has 3 aromatic carbocycles. The summed E-state index contributed by atoms with van der Waals surface area (Å²) in [6.07, 6.45) is -0.733. The predicted molar refractivity (Wildman–Crippen MR) is 141 cm³/mol. The van der Waals surface area contributed by atoms with Crippen molar-refractivity contribution in [3.05, 3.63) is 94.0 Å². The van der Waals surface area contributed by atoms with Gasteiger partial charge in [0.15, 0.2) is 0 Å². The molecule has 1 N–H and O–H groups in total. The number of nitrogens with zero attached hydrogens (tertiary/aromatic N) is 6. The fourth-order valence-electron chi connectivity index (χ4n) is 4.96. The fraction of sp³-hybridized carbons (Fsp3) is 0.222. The number of non-ortho nitro benzene ring substituents is 1. The first-order valence-corrected chi connectivity index (χ1v) is 12.1. The van der Waals surface area contributed by atoms with Gasteiger partial charge in [-0.15, -0.1) is 0 Å². The molecule has 2 aliphatic heterocycles. The number of likely N-dealkylation sites (N-methyl/N-ethyl adjacent to an activating group) is 1. The Kier molecular flexibility index (Phi) is 5.65. The highest BCUT2D eigenvalue weighted by Crippen LogP contribution is 2.40. The lowest BCUT2D eigenvalue weighted by atomic mass is 10.0. The lowest BCUT2D eigenvalue weighted by molar-refractivity contribution is -0.384. The van der Waals surface area contributed by atoms with Crippen LogP contribution in [0.3, 0.4) is 0 Å². The molecule has 1 fully saturated rings. The molecule has 0 saturated carbocycles. The van der Waals surface area contributed by atoms with E-state index in [1.165, 1.54) is 12.1 Å². The van der Waals surface area contributed by atoms with Crippen molar-refractivity contribution in [2.45, 2.75) is 6.17 Å². The molecule has 4 aromatic rings. The summed E-state index contributed by atoms with van der Waals surface area (Å²) in [5.74, 6) is 0.987. The summed E-state index contributed by atoms with van der Waals surface area (Å²) in [4.78, 5) is 40.6. The zero-order chi connectivity index (χ0) is 25.5. The van der Waals surface area contributed by atoms with Crippen molar-refractivity contribution in [2.24, 2.45) is 0 Å². The molecule has 1 amide bonds. The van der Waals surface area contributed by atoms with Crippen molar-refractivity contribution in [3.63, 3.8) is 0 Å². The van der Waals surface area contributed by atoms with Crippen LogP contribution in [-0.2, 0) is 0 Å². The van der Waals surface area contributed by atoms with Crippen LogP contribution in [0.4, 0.5) is 23.1 Å². The first-order valence-electron chi connectivity index (χ1n) is 12.1. The van der Waals surface area contributed by atoms with E-state index >= 15 is 0 Å². The summed E-state index contributed by atoms with van der Waals surface area (Å²) in [5.41, 5.74) is 2.43. The summed E-state index contributed by atoms with van der Waals surface area (Å²) >= 11 is 0. The van der Waals surface area contributed by atoms with E-state index in [0.29, 0.717) is 22.8 Å². The van der Waals surface area contributed by atoms with Gasteiger partial charge < -0.3 is 15.1 Å². The van der Waals surface area contributed by atoms with Gasteiger partial charge in [0.2, 0.25) is 5.95 Å². The number of anilines is 3. The molecule has 1 atom stereocenters. The Morgan fingerprint density at radius 1 is 0.946 bits per heavy atom. The topological polar surface area (TPSA) is 108 Å². The lowest BCUT2D eigenvalue weighted by Crippen LogP contribution is -2.46. The number of rotatable bonds is 4. The number of hydrogen-bond donors (Lipinski definition) is 1. The number of fused-ring (bicyclic) bond motifs is 2. The van der Waals surface area contributed by atoms with Crippen LogP contribution in [0.1, 0.15) is 22.1 Å². The molecule has 0 spiro atoms. The van der Waals surface area contributed by atoms with Crippen molar-refractivity contribution in [1.82, 2.24) is 20.2 Å². The largest absolute Gasteiger partial charge is 0.353 e. The van der Waals surface area contributed by atoms with E-state index in [4.69, 9.17) is 9.97 Å². The van der Waals surface area contributed by atoms with Gasteiger partial charge in [-0.05, 0) is 31.3 Å². The van der Waals surface area contributed by atoms with Crippen LogP contribution in [-0.4, -0.2) is 58.9 Å². The molecule has 0 radical (unpaired) electrons. The van der Waals surface area contributed by atoms with E-state index in [0.717, 1.165) is 42.9 Å². The molecule has 10 nitrogen and oxygen atoms in total. The highest BCUT2D eigenvalue weighted by molar-refractivity contribution is 6.03. The molecule has 0 aliphatic carbocycles. The van der Waals surface area contributed by atoms with Crippen LogP contribution in [0.25, 0.3) is 10.9 Å². The van der Waals surface area contributed by atoms with Crippen LogP contribution in [0, 0.1) is 10.1 Å². The average molecular weight is 496 g/mol. The smallest absolute Gasteiger partial charge is 0.269 e. The number of nitro groups is 1. The second-order valence-electron chi connectivity index (χ2n) is 9.27. The van der Waals surface area contributed by atoms with E-state index in [1.54, 1.807) is 24.3 Å². The maximum atomic E-state index is 13.1. The van der Waals surface area contributed by atoms with E-state index in [1.807, 2.05) is 41.3 Å². The average Bonchev–Trinajstić information content (AvgIpc) is 2.93. The Morgan fingerprint density at radius 3 is 2.51 bits per heavy atom. The van der Waals surface area contributed by atoms with Crippen LogP contribution in [0.2, 0.25) is 0 Å². The highest BCUT2D eigenvalue weighted by atomic mass is 16.6. The summed E-state index contributed by atoms with van der Waals surface area (Å²) in [6.45, 7) is 3.51. The van der Waals surface area contributed by atoms with Gasteiger partial charge in [0, 0.05) is 49.3 Å². The Morgan fingerprint density at radius 2 is 1.70 bits per heavy atom. The van der Waals surface area contributed by atoms with Crippen molar-refractivity contribution in [2.75, 3.05) is 43.0 Å². The van der Waals surface area contributed by atoms with Crippen LogP contribution in [0.15, 0.2) is 72.8 Å². The van der Waals surface area contributed by atoms with Crippen molar-refractivity contribution in [1.29, 1.82) is 0 Å². The van der Waals surface area contributed by atoms with E-state index in [2.05, 4.69) is 22.2 Å². The molecule has 3 heterocycles. The Balaban J connectivity index is 1.55. The van der Waals surface area contributed by atoms with Crippen molar-refractivity contribution < 1.29 is 9.72 Å². The molecule has 2 aliphatic rings. The van der Waals surface area contributed by atoms with Crippen molar-refractivity contribution >= 4 is 40.0 Å². The quantitative estimate of drug-likeness (QED) is 0.336. The monoisotopic (exact) mass is 495 g/mol. The fourth-order valence-corrected chi connectivity index (χ4v) is 4.96. The number of para-hydroxylation sites is 2. The highest BCUT2D eigenvalue weighted by Gasteiger charge is 2.35. The standard InChI is InChI=1S/C27H25N7O3/c1-31-13-15-32(16-14-31)25-20-9-2-4-11-22(20)28-27(30-25)33-23-12-5-3-10-21(23)26(35)29-24(33)18-7-6-8-19(17-18)34(36)37/h2-12,17,24H,13-16H2,1H3,(H,29,35). The third-order valence-corrected chi connectivity index (χ3v) is 6.92. The molecule has 37 heavy (non-hydrogen) atoms. The lowest BCUT2D eigenvalue weighted by Gasteiger charge is -2.38. The summed E-state index contributed by atoms with van der Waals surface area (Å²) in [7, 11) is 2.11. The molecule has 6 rings (SSSR count). The molecule has 1 unspecified atom stereocenters. The number of hydrogen-bond acceptors (Lipinski definition) is 8. The van der Waals surface area contributed by atoms with Crippen LogP contribution >= 0.6 is 0 Å². The Hall–Kier alpha value is -4.57. The van der Waals surface area contributed by atoms with Gasteiger partial charge in [0.05, 0.1) is 21.7 Å². The summed E-state index contributed by atoms with van der Waals surface area (Å²) in [6, 6.07) is 21.5. The number of piperazine rings is 1. The van der Waals surface area contributed by atoms with Gasteiger partial charge in [-0.1, -0.05) is 36.4 Å². The number of benzene rings is 3. The summed E-state index contributed by atoms with van der Waals surface area (Å²) in [5, 5.41) is 15.5. The zero-order valence-electron chi connectivity index (χ0n) is 20.2. The Labute approximate surface area is 213 Å². The maximum absolute atomic E-state index is 13.1. The summed E-state index contributed by atoms with van der Waals surface area (Å²) < 4.78 is 0. The first kappa shape index (κ1) is 22.9. The van der Waals surface area contributed by atoms with Gasteiger partial charge in [-0.2, -0.15) is 4.98 Å². The third-order valence-electron chi connectivity index (χ3n) is 6.92. The van der Waals surface area contributed by atoms with Gasteiger partial charge in [0.1, 0.15) is 12.0 Å². The van der Waals surface area contributed by atoms with Gasteiger partial charge in [0.25, 0.3) is 11.6 Å². The molecule has 0 bridgehead atoms. The predicted octanol–water partition coefficient (Wildman–Crippen LogP) is 3.87. The van der Waals surface area contributed by atoms with Crippen molar-refractivity contribution in [3.8, 4) is 0 Å². The minimum atomic E-state index is -0.733. The molecular formula is C27H25N7O3. The zero-order valence-corrected chi connectivity index (χ0v) is 20.2. The van der Waals surface area contributed by atoms with E-state index in [-0.39, 0.29) is 11.6 Å². The van der Waals surface area contributed by atoms with E-state index < -0.39 is 11.1 Å². The van der Waals surface area contributed by atoms with Crippen LogP contribution in [0.5, 0.6) is 0 Å². The van der Waals surface area contributed by atoms with Gasteiger partial charge >= 0.3 is 0 Å². The van der Waals surface area contributed by atoms with E-state index in [9.17, 15) is 14.9 Å². The van der Waals surface area contributed by atoms with Gasteiger partial charge in [-0.3, -0.25) is 19.8 Å². The number of nitrogens with one attached hydrogen (secondary N) is 1. The minimum Gasteiger partial charge on any atom is -0.353 e.